The average molecular weight is 343 g/mol. The summed E-state index contributed by atoms with van der Waals surface area (Å²) in [6.07, 6.45) is 2.27. The van der Waals surface area contributed by atoms with E-state index >= 15 is 0 Å². The molecule has 0 saturated heterocycles. The van der Waals surface area contributed by atoms with Gasteiger partial charge in [-0.15, -0.1) is 0 Å². The summed E-state index contributed by atoms with van der Waals surface area (Å²) in [5, 5.41) is 3.26. The Morgan fingerprint density at radius 1 is 1.29 bits per heavy atom. The first-order chi connectivity index (χ1) is 11.7. The Hall–Kier alpha value is -2.53. The van der Waals surface area contributed by atoms with Crippen LogP contribution in [0.5, 0.6) is 5.75 Å². The van der Waals surface area contributed by atoms with Gasteiger partial charge in [-0.1, -0.05) is 23.7 Å². The highest BCUT2D eigenvalue weighted by atomic mass is 35.5. The number of para-hydroxylation sites is 1. The number of nitrogens with zero attached hydrogens (tertiary/aromatic N) is 1. The Morgan fingerprint density at radius 2 is 2.12 bits per heavy atom. The van der Waals surface area contributed by atoms with Gasteiger partial charge in [0.25, 0.3) is 5.91 Å². The maximum Gasteiger partial charge on any atom is 0.262 e. The molecule has 0 spiro atoms. The smallest absolute Gasteiger partial charge is 0.262 e. The van der Waals surface area contributed by atoms with Gasteiger partial charge in [0.1, 0.15) is 11.3 Å². The van der Waals surface area contributed by atoms with Crippen LogP contribution in [-0.2, 0) is 4.79 Å². The lowest BCUT2D eigenvalue weighted by molar-refractivity contribution is -0.118. The molecule has 6 heteroatoms. The fraction of sp³-hybridized carbons (Fsp3) is 0.222. The Morgan fingerprint density at radius 3 is 2.92 bits per heavy atom. The molecule has 5 nitrogen and oxygen atoms in total. The van der Waals surface area contributed by atoms with E-state index in [2.05, 4.69) is 10.3 Å². The molecule has 4 rings (SSSR count). The van der Waals surface area contributed by atoms with E-state index in [-0.39, 0.29) is 12.5 Å². The second-order valence-corrected chi connectivity index (χ2v) is 6.18. The number of carbonyl (C=O) groups excluding carboxylic acids is 1. The van der Waals surface area contributed by atoms with Crippen molar-refractivity contribution in [1.82, 2.24) is 4.98 Å². The Balaban J connectivity index is 1.41. The number of nitrogens with one attached hydrogen (secondary N) is 1. The Bertz CT molecular complexity index is 902. The lowest BCUT2D eigenvalue weighted by Crippen LogP contribution is -2.20. The predicted molar refractivity (Wildman–Crippen MR) is 91.6 cm³/mol. The summed E-state index contributed by atoms with van der Waals surface area (Å²) in [6, 6.07) is 12.4. The van der Waals surface area contributed by atoms with E-state index in [0.29, 0.717) is 22.4 Å². The van der Waals surface area contributed by atoms with Gasteiger partial charge in [-0.3, -0.25) is 4.79 Å². The highest BCUT2D eigenvalue weighted by molar-refractivity contribution is 6.32. The number of carbonyl (C=O) groups is 1. The van der Waals surface area contributed by atoms with Crippen molar-refractivity contribution in [2.45, 2.75) is 18.8 Å². The molecule has 3 aromatic rings. The summed E-state index contributed by atoms with van der Waals surface area (Å²) < 4.78 is 11.1. The van der Waals surface area contributed by atoms with Crippen molar-refractivity contribution < 1.29 is 13.9 Å². The van der Waals surface area contributed by atoms with Crippen LogP contribution in [0.2, 0.25) is 5.02 Å². The minimum atomic E-state index is -0.264. The largest absolute Gasteiger partial charge is 0.482 e. The molecule has 122 valence electrons. The number of rotatable bonds is 5. The highest BCUT2D eigenvalue weighted by Gasteiger charge is 2.28. The van der Waals surface area contributed by atoms with E-state index in [9.17, 15) is 4.79 Å². The molecule has 0 atom stereocenters. The van der Waals surface area contributed by atoms with Crippen molar-refractivity contribution >= 4 is 34.3 Å². The third-order valence-corrected chi connectivity index (χ3v) is 4.12. The lowest BCUT2D eigenvalue weighted by Gasteiger charge is -2.08. The van der Waals surface area contributed by atoms with Gasteiger partial charge in [0.15, 0.2) is 18.1 Å². The summed E-state index contributed by atoms with van der Waals surface area (Å²) in [5.74, 6) is 1.46. The number of ether oxygens (including phenoxy) is 1. The molecule has 1 aliphatic carbocycles. The Kier molecular flexibility index (Phi) is 3.86. The predicted octanol–water partition coefficient (Wildman–Crippen LogP) is 4.38. The van der Waals surface area contributed by atoms with Crippen LogP contribution in [0, 0.1) is 0 Å². The molecule has 1 fully saturated rings. The van der Waals surface area contributed by atoms with Crippen LogP contribution in [0.1, 0.15) is 24.7 Å². The zero-order chi connectivity index (χ0) is 16.5. The molecule has 1 aliphatic rings. The lowest BCUT2D eigenvalue weighted by atomic mass is 10.3. The highest BCUT2D eigenvalue weighted by Crippen LogP contribution is 2.40. The first-order valence-corrected chi connectivity index (χ1v) is 8.14. The quantitative estimate of drug-likeness (QED) is 0.747. The van der Waals surface area contributed by atoms with Crippen LogP contribution in [0.25, 0.3) is 11.1 Å². The van der Waals surface area contributed by atoms with Gasteiger partial charge < -0.3 is 14.5 Å². The zero-order valence-corrected chi connectivity index (χ0v) is 13.5. The molecular weight excluding hydrogens is 328 g/mol. The zero-order valence-electron chi connectivity index (χ0n) is 12.8. The van der Waals surface area contributed by atoms with Gasteiger partial charge in [0.05, 0.1) is 5.02 Å². The maximum absolute atomic E-state index is 12.0. The van der Waals surface area contributed by atoms with E-state index in [1.165, 1.54) is 0 Å². The molecule has 1 amide bonds. The summed E-state index contributed by atoms with van der Waals surface area (Å²) in [5.41, 5.74) is 2.15. The van der Waals surface area contributed by atoms with Gasteiger partial charge in [-0.05, 0) is 43.2 Å². The van der Waals surface area contributed by atoms with Crippen molar-refractivity contribution in [3.8, 4) is 5.75 Å². The fourth-order valence-electron chi connectivity index (χ4n) is 2.43. The minimum absolute atomic E-state index is 0.117. The van der Waals surface area contributed by atoms with Crippen LogP contribution in [0.15, 0.2) is 46.9 Å². The van der Waals surface area contributed by atoms with E-state index in [1.54, 1.807) is 36.4 Å². The van der Waals surface area contributed by atoms with Crippen molar-refractivity contribution in [3.05, 3.63) is 53.4 Å². The summed E-state index contributed by atoms with van der Waals surface area (Å²) in [4.78, 5) is 16.5. The number of hydrogen-bond donors (Lipinski definition) is 1. The minimum Gasteiger partial charge on any atom is -0.482 e. The molecule has 0 aliphatic heterocycles. The monoisotopic (exact) mass is 342 g/mol. The van der Waals surface area contributed by atoms with Gasteiger partial charge in [0, 0.05) is 11.6 Å². The van der Waals surface area contributed by atoms with Crippen molar-refractivity contribution in [2.24, 2.45) is 0 Å². The number of anilines is 1. The topological polar surface area (TPSA) is 64.4 Å². The van der Waals surface area contributed by atoms with E-state index in [1.807, 2.05) is 6.07 Å². The number of amides is 1. The number of hydrogen-bond acceptors (Lipinski definition) is 4. The number of aromatic nitrogens is 1. The molecule has 1 aromatic heterocycles. The van der Waals surface area contributed by atoms with Gasteiger partial charge in [-0.2, -0.15) is 0 Å². The summed E-state index contributed by atoms with van der Waals surface area (Å²) in [7, 11) is 0. The fourth-order valence-corrected chi connectivity index (χ4v) is 2.62. The van der Waals surface area contributed by atoms with Gasteiger partial charge in [-0.25, -0.2) is 4.98 Å². The normalized spacial score (nSPS) is 13.9. The molecule has 0 radical (unpaired) electrons. The molecule has 0 bridgehead atoms. The van der Waals surface area contributed by atoms with E-state index in [4.69, 9.17) is 20.8 Å². The van der Waals surface area contributed by atoms with E-state index in [0.717, 1.165) is 29.8 Å². The van der Waals surface area contributed by atoms with Gasteiger partial charge >= 0.3 is 0 Å². The maximum atomic E-state index is 12.0. The number of halogens is 1. The second kappa shape index (κ2) is 6.17. The van der Waals surface area contributed by atoms with Crippen molar-refractivity contribution in [3.63, 3.8) is 0 Å². The van der Waals surface area contributed by atoms with E-state index < -0.39 is 0 Å². The third kappa shape index (κ3) is 3.21. The molecule has 1 saturated carbocycles. The Labute approximate surface area is 143 Å². The van der Waals surface area contributed by atoms with Crippen LogP contribution in [0.4, 0.5) is 5.69 Å². The summed E-state index contributed by atoms with van der Waals surface area (Å²) >= 11 is 5.99. The standard InChI is InChI=1S/C18H15ClN2O3/c19-13-3-1-2-4-15(13)23-10-17(22)20-12-7-8-16-14(9-12)21-18(24-16)11-5-6-11/h1-4,7-9,11H,5-6,10H2,(H,20,22). The van der Waals surface area contributed by atoms with Crippen LogP contribution in [-0.4, -0.2) is 17.5 Å². The number of benzene rings is 2. The molecule has 1 N–H and O–H groups in total. The first kappa shape index (κ1) is 15.0. The number of oxazole rings is 1. The molecule has 0 unspecified atom stereocenters. The van der Waals surface area contributed by atoms with Crippen LogP contribution < -0.4 is 10.1 Å². The van der Waals surface area contributed by atoms with Gasteiger partial charge in [0.2, 0.25) is 0 Å². The average Bonchev–Trinajstić information content (AvgIpc) is 3.34. The third-order valence-electron chi connectivity index (χ3n) is 3.81. The van der Waals surface area contributed by atoms with Crippen LogP contribution >= 0.6 is 11.6 Å². The summed E-state index contributed by atoms with van der Waals surface area (Å²) in [6.45, 7) is -0.117. The van der Waals surface area contributed by atoms with Crippen molar-refractivity contribution in [1.29, 1.82) is 0 Å². The SMILES string of the molecule is O=C(COc1ccccc1Cl)Nc1ccc2oc(C3CC3)nc2c1. The van der Waals surface area contributed by atoms with Crippen molar-refractivity contribution in [2.75, 3.05) is 11.9 Å². The number of fused-ring (bicyclic) bond motifs is 1. The van der Waals surface area contributed by atoms with Crippen LogP contribution in [0.3, 0.4) is 0 Å². The molecule has 2 aromatic carbocycles. The molecule has 1 heterocycles. The second-order valence-electron chi connectivity index (χ2n) is 5.78. The molecular formula is C18H15ClN2O3. The first-order valence-electron chi connectivity index (χ1n) is 7.77. The molecule has 24 heavy (non-hydrogen) atoms.